The van der Waals surface area contributed by atoms with Crippen LogP contribution in [0.5, 0.6) is 5.75 Å². The second-order valence-corrected chi connectivity index (χ2v) is 4.86. The number of hydrogen-bond donors (Lipinski definition) is 0. The SMILES string of the molecule is Fc1ccc(COc2ccc(F)c(Br)c2)c(Cl)c1. The van der Waals surface area contributed by atoms with Crippen LogP contribution in [0.3, 0.4) is 0 Å². The fourth-order valence-electron chi connectivity index (χ4n) is 1.37. The Morgan fingerprint density at radius 3 is 2.56 bits per heavy atom. The second-order valence-electron chi connectivity index (χ2n) is 3.60. The minimum Gasteiger partial charge on any atom is -0.489 e. The Bertz CT molecular complexity index is 575. The third-order valence-corrected chi connectivity index (χ3v) is 3.26. The van der Waals surface area contributed by atoms with Crippen molar-refractivity contribution in [3.8, 4) is 5.75 Å². The summed E-state index contributed by atoms with van der Waals surface area (Å²) in [5.41, 5.74) is 0.665. The van der Waals surface area contributed by atoms with Crippen LogP contribution in [0, 0.1) is 11.6 Å². The summed E-state index contributed by atoms with van der Waals surface area (Å²) in [6.07, 6.45) is 0. The summed E-state index contributed by atoms with van der Waals surface area (Å²) >= 11 is 8.93. The van der Waals surface area contributed by atoms with Gasteiger partial charge in [0.1, 0.15) is 24.0 Å². The summed E-state index contributed by atoms with van der Waals surface area (Å²) in [6.45, 7) is 0.192. The zero-order chi connectivity index (χ0) is 13.1. The molecule has 0 atom stereocenters. The van der Waals surface area contributed by atoms with Crippen molar-refractivity contribution in [2.45, 2.75) is 6.61 Å². The first-order chi connectivity index (χ1) is 8.56. The average molecular weight is 334 g/mol. The standard InChI is InChI=1S/C13H8BrClF2O/c14-11-6-10(3-4-13(11)17)18-7-8-1-2-9(16)5-12(8)15/h1-6H,7H2. The summed E-state index contributed by atoms with van der Waals surface area (Å²) in [5, 5.41) is 0.302. The van der Waals surface area contributed by atoms with E-state index in [0.717, 1.165) is 0 Å². The van der Waals surface area contributed by atoms with E-state index in [1.54, 1.807) is 6.07 Å². The number of halogens is 4. The Kier molecular flexibility index (Phi) is 4.19. The Morgan fingerprint density at radius 2 is 1.89 bits per heavy atom. The number of hydrogen-bond acceptors (Lipinski definition) is 1. The van der Waals surface area contributed by atoms with Crippen LogP contribution in [0.1, 0.15) is 5.56 Å². The van der Waals surface area contributed by atoms with E-state index in [9.17, 15) is 8.78 Å². The molecule has 2 aromatic rings. The van der Waals surface area contributed by atoms with E-state index < -0.39 is 5.82 Å². The van der Waals surface area contributed by atoms with Crippen LogP contribution in [0.4, 0.5) is 8.78 Å². The van der Waals surface area contributed by atoms with Crippen LogP contribution in [-0.4, -0.2) is 0 Å². The second kappa shape index (κ2) is 5.67. The molecule has 0 aliphatic carbocycles. The molecule has 5 heteroatoms. The van der Waals surface area contributed by atoms with E-state index in [1.807, 2.05) is 0 Å². The molecule has 18 heavy (non-hydrogen) atoms. The first-order valence-electron chi connectivity index (χ1n) is 5.08. The summed E-state index contributed by atoms with van der Waals surface area (Å²) < 4.78 is 31.6. The Hall–Kier alpha value is -1.13. The molecule has 0 amide bonds. The number of ether oxygens (including phenoxy) is 1. The highest BCUT2D eigenvalue weighted by atomic mass is 79.9. The predicted octanol–water partition coefficient (Wildman–Crippen LogP) is 4.96. The maximum absolute atomic E-state index is 13.0. The molecule has 0 aromatic heterocycles. The van der Waals surface area contributed by atoms with E-state index in [1.165, 1.54) is 30.3 Å². The fourth-order valence-corrected chi connectivity index (χ4v) is 1.95. The van der Waals surface area contributed by atoms with Crippen molar-refractivity contribution in [2.75, 3.05) is 0 Å². The molecule has 2 rings (SSSR count). The minimum atomic E-state index is -0.395. The molecule has 0 heterocycles. The van der Waals surface area contributed by atoms with Crippen molar-refractivity contribution < 1.29 is 13.5 Å². The lowest BCUT2D eigenvalue weighted by atomic mass is 10.2. The van der Waals surface area contributed by atoms with Crippen molar-refractivity contribution in [2.24, 2.45) is 0 Å². The highest BCUT2D eigenvalue weighted by molar-refractivity contribution is 9.10. The summed E-state index contributed by atoms with van der Waals surface area (Å²) in [7, 11) is 0. The van der Waals surface area contributed by atoms with Gasteiger partial charge in [-0.2, -0.15) is 0 Å². The van der Waals surface area contributed by atoms with Crippen LogP contribution in [0.15, 0.2) is 40.9 Å². The molecule has 0 saturated heterocycles. The van der Waals surface area contributed by atoms with Gasteiger partial charge in [-0.15, -0.1) is 0 Å². The Morgan fingerprint density at radius 1 is 1.11 bits per heavy atom. The molecule has 0 unspecified atom stereocenters. The molecule has 1 nitrogen and oxygen atoms in total. The van der Waals surface area contributed by atoms with Gasteiger partial charge in [-0.25, -0.2) is 8.78 Å². The van der Waals surface area contributed by atoms with Crippen LogP contribution in [-0.2, 0) is 6.61 Å². The highest BCUT2D eigenvalue weighted by Gasteiger charge is 2.05. The van der Waals surface area contributed by atoms with Crippen molar-refractivity contribution in [1.82, 2.24) is 0 Å². The summed E-state index contributed by atoms with van der Waals surface area (Å²) in [4.78, 5) is 0. The van der Waals surface area contributed by atoms with Gasteiger partial charge >= 0.3 is 0 Å². The van der Waals surface area contributed by atoms with Gasteiger partial charge in [-0.05, 0) is 46.3 Å². The molecule has 0 bridgehead atoms. The maximum Gasteiger partial charge on any atom is 0.137 e. The van der Waals surface area contributed by atoms with Gasteiger partial charge in [0.15, 0.2) is 0 Å². The molecule has 0 aliphatic heterocycles. The van der Waals surface area contributed by atoms with E-state index in [0.29, 0.717) is 20.8 Å². The molecule has 2 aromatic carbocycles. The fraction of sp³-hybridized carbons (Fsp3) is 0.0769. The lowest BCUT2D eigenvalue weighted by molar-refractivity contribution is 0.305. The zero-order valence-corrected chi connectivity index (χ0v) is 11.4. The first-order valence-corrected chi connectivity index (χ1v) is 6.25. The van der Waals surface area contributed by atoms with Gasteiger partial charge in [0, 0.05) is 5.56 Å². The monoisotopic (exact) mass is 332 g/mol. The van der Waals surface area contributed by atoms with Gasteiger partial charge in [-0.1, -0.05) is 17.7 Å². The van der Waals surface area contributed by atoms with E-state index >= 15 is 0 Å². The van der Waals surface area contributed by atoms with Crippen LogP contribution >= 0.6 is 27.5 Å². The normalized spacial score (nSPS) is 10.4. The molecule has 0 aliphatic rings. The lowest BCUT2D eigenvalue weighted by Gasteiger charge is -2.08. The quantitative estimate of drug-likeness (QED) is 0.771. The summed E-state index contributed by atoms with van der Waals surface area (Å²) in [6, 6.07) is 8.41. The molecule has 94 valence electrons. The molecule has 0 radical (unpaired) electrons. The molecule has 0 saturated carbocycles. The highest BCUT2D eigenvalue weighted by Crippen LogP contribution is 2.24. The van der Waals surface area contributed by atoms with Crippen molar-refractivity contribution >= 4 is 27.5 Å². The number of benzene rings is 2. The molecule has 0 fully saturated rings. The molecular weight excluding hydrogens is 325 g/mol. The van der Waals surface area contributed by atoms with E-state index in [2.05, 4.69) is 15.9 Å². The van der Waals surface area contributed by atoms with E-state index in [-0.39, 0.29) is 12.4 Å². The largest absolute Gasteiger partial charge is 0.489 e. The third kappa shape index (κ3) is 3.21. The van der Waals surface area contributed by atoms with Gasteiger partial charge in [-0.3, -0.25) is 0 Å². The average Bonchev–Trinajstić information content (AvgIpc) is 2.32. The van der Waals surface area contributed by atoms with Gasteiger partial charge in [0.25, 0.3) is 0 Å². The molecular formula is C13H8BrClF2O. The summed E-state index contributed by atoms with van der Waals surface area (Å²) in [5.74, 6) is -0.251. The number of rotatable bonds is 3. The Balaban J connectivity index is 2.09. The lowest BCUT2D eigenvalue weighted by Crippen LogP contribution is -1.97. The van der Waals surface area contributed by atoms with Crippen LogP contribution in [0.2, 0.25) is 5.02 Å². The van der Waals surface area contributed by atoms with Gasteiger partial charge in [0.05, 0.1) is 9.50 Å². The van der Waals surface area contributed by atoms with Crippen molar-refractivity contribution in [3.63, 3.8) is 0 Å². The smallest absolute Gasteiger partial charge is 0.137 e. The molecule has 0 N–H and O–H groups in total. The van der Waals surface area contributed by atoms with Crippen molar-refractivity contribution in [3.05, 3.63) is 63.1 Å². The first kappa shape index (κ1) is 13.3. The third-order valence-electron chi connectivity index (χ3n) is 2.30. The Labute approximate surface area is 116 Å². The van der Waals surface area contributed by atoms with Gasteiger partial charge < -0.3 is 4.74 Å². The van der Waals surface area contributed by atoms with Crippen LogP contribution in [0.25, 0.3) is 0 Å². The van der Waals surface area contributed by atoms with Crippen LogP contribution < -0.4 is 4.74 Å². The zero-order valence-electron chi connectivity index (χ0n) is 9.09. The molecule has 0 spiro atoms. The maximum atomic E-state index is 13.0. The van der Waals surface area contributed by atoms with Gasteiger partial charge in [0.2, 0.25) is 0 Å². The van der Waals surface area contributed by atoms with E-state index in [4.69, 9.17) is 16.3 Å². The van der Waals surface area contributed by atoms with Crippen molar-refractivity contribution in [1.29, 1.82) is 0 Å². The topological polar surface area (TPSA) is 9.23 Å². The minimum absolute atomic E-state index is 0.192. The predicted molar refractivity (Wildman–Crippen MR) is 69.8 cm³/mol.